The van der Waals surface area contributed by atoms with Gasteiger partial charge in [-0.2, -0.15) is 31.6 Å². The monoisotopic (exact) mass is 414 g/mol. The van der Waals surface area contributed by atoms with Crippen LogP contribution >= 0.6 is 23.2 Å². The predicted octanol–water partition coefficient (Wildman–Crippen LogP) is 6.62. The summed E-state index contributed by atoms with van der Waals surface area (Å²) in [6.07, 6.45) is -12.7. The Bertz CT molecular complexity index is 868. The lowest BCUT2D eigenvalue weighted by molar-refractivity contribution is -0.348. The van der Waals surface area contributed by atoms with E-state index in [1.165, 1.54) is 12.1 Å². The Labute approximate surface area is 152 Å². The molecule has 0 bridgehead atoms. The van der Waals surface area contributed by atoms with E-state index in [2.05, 4.69) is 6.07 Å². The molecule has 1 nitrogen and oxygen atoms in total. The minimum Gasteiger partial charge on any atom is -0.218 e. The number of rotatable bonds is 2. The molecule has 0 saturated carbocycles. The van der Waals surface area contributed by atoms with E-state index in [1.807, 2.05) is 0 Å². The van der Waals surface area contributed by atoms with Crippen LogP contribution in [0.3, 0.4) is 0 Å². The molecule has 0 aliphatic heterocycles. The van der Waals surface area contributed by atoms with Crippen LogP contribution in [0.1, 0.15) is 11.1 Å². The first-order valence-corrected chi connectivity index (χ1v) is 7.34. The fourth-order valence-corrected chi connectivity index (χ4v) is 2.88. The zero-order chi connectivity index (χ0) is 19.9. The van der Waals surface area contributed by atoms with Crippen LogP contribution in [0.25, 0.3) is 11.1 Å². The molecule has 0 aliphatic carbocycles. The van der Waals surface area contributed by atoms with Gasteiger partial charge in [-0.1, -0.05) is 41.4 Å². The van der Waals surface area contributed by atoms with Crippen LogP contribution in [0, 0.1) is 17.4 Å². The van der Waals surface area contributed by atoms with Crippen molar-refractivity contribution in [3.8, 4) is 17.2 Å². The number of benzene rings is 2. The first-order chi connectivity index (χ1) is 11.8. The largest absolute Gasteiger partial charge is 0.435 e. The predicted molar refractivity (Wildman–Crippen MR) is 80.3 cm³/mol. The Morgan fingerprint density at radius 2 is 1.46 bits per heavy atom. The molecule has 0 atom stereocenters. The summed E-state index contributed by atoms with van der Waals surface area (Å²) in [6, 6.07) is 8.61. The molecular weight excluding hydrogens is 410 g/mol. The van der Waals surface area contributed by atoms with Crippen LogP contribution in [-0.4, -0.2) is 12.4 Å². The third-order valence-electron chi connectivity index (χ3n) is 3.46. The van der Waals surface area contributed by atoms with Gasteiger partial charge in [0.05, 0.1) is 21.7 Å². The molecule has 137 valence electrons. The van der Waals surface area contributed by atoms with E-state index >= 15 is 0 Å². The third-order valence-corrected chi connectivity index (χ3v) is 3.95. The summed E-state index contributed by atoms with van der Waals surface area (Å²) in [7, 11) is 0. The van der Waals surface area contributed by atoms with Gasteiger partial charge >= 0.3 is 18.0 Å². The molecule has 1 radical (unpaired) electrons. The maximum absolute atomic E-state index is 14.6. The molecule has 0 amide bonds. The van der Waals surface area contributed by atoms with Crippen molar-refractivity contribution in [1.29, 1.82) is 5.26 Å². The molecule has 26 heavy (non-hydrogen) atoms. The molecule has 0 saturated heterocycles. The van der Waals surface area contributed by atoms with E-state index in [4.69, 9.17) is 28.5 Å². The highest BCUT2D eigenvalue weighted by Gasteiger charge is 2.74. The maximum Gasteiger partial charge on any atom is 0.435 e. The van der Waals surface area contributed by atoms with Gasteiger partial charge in [-0.05, 0) is 12.1 Å². The second-order valence-electron chi connectivity index (χ2n) is 5.03. The minimum absolute atomic E-state index is 0.151. The van der Waals surface area contributed by atoms with Crippen LogP contribution in [0.4, 0.5) is 30.7 Å². The molecular formula is C16H5Cl2F7N. The first kappa shape index (κ1) is 20.3. The molecule has 0 heterocycles. The normalized spacial score (nSPS) is 12.8. The van der Waals surface area contributed by atoms with Crippen molar-refractivity contribution >= 4 is 23.2 Å². The summed E-state index contributed by atoms with van der Waals surface area (Å²) in [5, 5.41) is 7.53. The van der Waals surface area contributed by atoms with Gasteiger partial charge < -0.3 is 0 Å². The van der Waals surface area contributed by atoms with Crippen LogP contribution in [0.2, 0.25) is 10.0 Å². The number of hydrogen-bond donors (Lipinski definition) is 0. The molecule has 0 aliphatic rings. The maximum atomic E-state index is 14.6. The summed E-state index contributed by atoms with van der Waals surface area (Å²) in [5.74, 6) is 0. The molecule has 0 fully saturated rings. The topological polar surface area (TPSA) is 23.8 Å². The fourth-order valence-electron chi connectivity index (χ4n) is 2.32. The van der Waals surface area contributed by atoms with Crippen LogP contribution in [-0.2, 0) is 5.67 Å². The number of alkyl halides is 7. The van der Waals surface area contributed by atoms with Crippen LogP contribution in [0.15, 0.2) is 30.3 Å². The van der Waals surface area contributed by atoms with Gasteiger partial charge in [0, 0.05) is 22.8 Å². The van der Waals surface area contributed by atoms with Crippen LogP contribution in [0.5, 0.6) is 0 Å². The van der Waals surface area contributed by atoms with E-state index < -0.39 is 44.8 Å². The molecule has 2 aromatic rings. The van der Waals surface area contributed by atoms with E-state index in [9.17, 15) is 30.7 Å². The zero-order valence-corrected chi connectivity index (χ0v) is 13.7. The Kier molecular flexibility index (Phi) is 5.19. The quantitative estimate of drug-likeness (QED) is 0.506. The molecule has 2 rings (SSSR count). The van der Waals surface area contributed by atoms with Gasteiger partial charge in [-0.25, -0.2) is 4.39 Å². The summed E-state index contributed by atoms with van der Waals surface area (Å²) in [4.78, 5) is 0. The van der Waals surface area contributed by atoms with Crippen molar-refractivity contribution in [3.05, 3.63) is 57.6 Å². The molecule has 0 N–H and O–H groups in total. The highest BCUT2D eigenvalue weighted by atomic mass is 35.5. The standard InChI is InChI=1S/C16H5Cl2F7N/c17-9-5-11(14(19,15(20,21)22)16(23,24)25)13(12(18)6-9)10-4-2-1-3-8(10)7-26/h1-5H. The molecule has 0 spiro atoms. The fraction of sp³-hybridized carbons (Fsp3) is 0.188. The Morgan fingerprint density at radius 1 is 0.923 bits per heavy atom. The molecule has 0 aromatic heterocycles. The van der Waals surface area contributed by atoms with Gasteiger partial charge in [0.25, 0.3) is 0 Å². The lowest BCUT2D eigenvalue weighted by Crippen LogP contribution is -2.50. The van der Waals surface area contributed by atoms with Gasteiger partial charge in [0.15, 0.2) is 0 Å². The van der Waals surface area contributed by atoms with Gasteiger partial charge in [0.1, 0.15) is 0 Å². The van der Waals surface area contributed by atoms with Crippen molar-refractivity contribution < 1.29 is 30.7 Å². The highest BCUT2D eigenvalue weighted by Crippen LogP contribution is 2.56. The van der Waals surface area contributed by atoms with Gasteiger partial charge in [-0.3, -0.25) is 0 Å². The first-order valence-electron chi connectivity index (χ1n) is 6.58. The number of nitriles is 1. The van der Waals surface area contributed by atoms with E-state index in [0.29, 0.717) is 0 Å². The second-order valence-corrected chi connectivity index (χ2v) is 5.82. The van der Waals surface area contributed by atoms with E-state index in [0.717, 1.165) is 12.1 Å². The van der Waals surface area contributed by atoms with Crippen molar-refractivity contribution in [2.45, 2.75) is 18.0 Å². The Morgan fingerprint density at radius 3 is 1.96 bits per heavy atom. The Balaban J connectivity index is 3.01. The van der Waals surface area contributed by atoms with Crippen molar-refractivity contribution in [1.82, 2.24) is 0 Å². The SMILES string of the molecule is N#Cc1ccccc1-c1c(Cl)[c]c(Cl)cc1C(F)(C(F)(F)F)C(F)(F)F. The van der Waals surface area contributed by atoms with E-state index in [-0.39, 0.29) is 11.6 Å². The molecule has 0 unspecified atom stereocenters. The smallest absolute Gasteiger partial charge is 0.218 e. The highest BCUT2D eigenvalue weighted by molar-refractivity contribution is 6.36. The molecule has 10 heteroatoms. The third kappa shape index (κ3) is 3.21. The van der Waals surface area contributed by atoms with Crippen molar-refractivity contribution in [2.24, 2.45) is 0 Å². The summed E-state index contributed by atoms with van der Waals surface area (Å²) in [6.45, 7) is 0. The average Bonchev–Trinajstić information content (AvgIpc) is 2.51. The second kappa shape index (κ2) is 6.63. The Hall–Kier alpha value is -1.98. The number of nitrogens with zero attached hydrogens (tertiary/aromatic N) is 1. The zero-order valence-electron chi connectivity index (χ0n) is 12.2. The lowest BCUT2D eigenvalue weighted by Gasteiger charge is -2.32. The van der Waals surface area contributed by atoms with Gasteiger partial charge in [-0.15, -0.1) is 0 Å². The van der Waals surface area contributed by atoms with Crippen molar-refractivity contribution in [3.63, 3.8) is 0 Å². The summed E-state index contributed by atoms with van der Waals surface area (Å²) >= 11 is 11.2. The number of halogens is 9. The van der Waals surface area contributed by atoms with Crippen molar-refractivity contribution in [2.75, 3.05) is 0 Å². The lowest BCUT2D eigenvalue weighted by atomic mass is 9.85. The van der Waals surface area contributed by atoms with Crippen LogP contribution < -0.4 is 0 Å². The minimum atomic E-state index is -6.37. The van der Waals surface area contributed by atoms with E-state index in [1.54, 1.807) is 6.07 Å². The van der Waals surface area contributed by atoms with Gasteiger partial charge in [0.2, 0.25) is 0 Å². The number of hydrogen-bond acceptors (Lipinski definition) is 1. The summed E-state index contributed by atoms with van der Waals surface area (Å²) in [5.41, 5.74) is -9.32. The average molecular weight is 415 g/mol. The summed E-state index contributed by atoms with van der Waals surface area (Å²) < 4.78 is 93.6. The molecule has 2 aromatic carbocycles.